The third kappa shape index (κ3) is 4.14. The van der Waals surface area contributed by atoms with Crippen molar-refractivity contribution in [3.05, 3.63) is 72.1 Å². The topological polar surface area (TPSA) is 46.8 Å². The SMILES string of the molecule is CN(Cc1nccn1Cc1ccccc1)c1nccc(C(F)(F)F)n1. The molecule has 25 heavy (non-hydrogen) atoms. The molecule has 3 rings (SSSR count). The third-order valence-electron chi connectivity index (χ3n) is 3.65. The summed E-state index contributed by atoms with van der Waals surface area (Å²) in [6.07, 6.45) is 0.116. The Morgan fingerprint density at radius 2 is 1.80 bits per heavy atom. The number of imidazole rings is 1. The Morgan fingerprint density at radius 1 is 1.04 bits per heavy atom. The van der Waals surface area contributed by atoms with E-state index in [1.165, 1.54) is 0 Å². The van der Waals surface area contributed by atoms with Crippen LogP contribution in [0.4, 0.5) is 19.1 Å². The maximum absolute atomic E-state index is 12.8. The predicted molar refractivity (Wildman–Crippen MR) is 86.9 cm³/mol. The molecule has 3 aromatic rings. The quantitative estimate of drug-likeness (QED) is 0.710. The van der Waals surface area contributed by atoms with Gasteiger partial charge in [0.2, 0.25) is 5.95 Å². The fourth-order valence-electron chi connectivity index (χ4n) is 2.39. The first-order chi connectivity index (χ1) is 11.9. The van der Waals surface area contributed by atoms with E-state index in [1.54, 1.807) is 18.1 Å². The predicted octanol–water partition coefficient (Wildman–Crippen LogP) is 3.38. The number of alkyl halides is 3. The molecule has 5 nitrogen and oxygen atoms in total. The average molecular weight is 347 g/mol. The molecule has 2 heterocycles. The van der Waals surface area contributed by atoms with Crippen molar-refractivity contribution in [2.45, 2.75) is 19.3 Å². The number of benzene rings is 1. The first-order valence-corrected chi connectivity index (χ1v) is 7.59. The molecule has 0 bridgehead atoms. The second-order valence-corrected chi connectivity index (χ2v) is 5.55. The molecule has 0 aliphatic rings. The lowest BCUT2D eigenvalue weighted by molar-refractivity contribution is -0.141. The molecular formula is C17H16F3N5. The van der Waals surface area contributed by atoms with Crippen LogP contribution in [-0.4, -0.2) is 26.6 Å². The van der Waals surface area contributed by atoms with Crippen molar-refractivity contribution >= 4 is 5.95 Å². The first-order valence-electron chi connectivity index (χ1n) is 7.59. The fraction of sp³-hybridized carbons (Fsp3) is 0.235. The minimum Gasteiger partial charge on any atom is -0.336 e. The monoisotopic (exact) mass is 347 g/mol. The van der Waals surface area contributed by atoms with Crippen LogP contribution in [0.1, 0.15) is 17.1 Å². The molecular weight excluding hydrogens is 331 g/mol. The summed E-state index contributed by atoms with van der Waals surface area (Å²) in [5.74, 6) is 0.719. The normalized spacial score (nSPS) is 11.5. The van der Waals surface area contributed by atoms with Crippen LogP contribution in [0.25, 0.3) is 0 Å². The van der Waals surface area contributed by atoms with Gasteiger partial charge in [0.1, 0.15) is 11.5 Å². The lowest BCUT2D eigenvalue weighted by Gasteiger charge is -2.18. The molecule has 130 valence electrons. The van der Waals surface area contributed by atoms with Crippen LogP contribution >= 0.6 is 0 Å². The van der Waals surface area contributed by atoms with Gasteiger partial charge in [0.05, 0.1) is 6.54 Å². The summed E-state index contributed by atoms with van der Waals surface area (Å²) in [6.45, 7) is 0.925. The zero-order valence-corrected chi connectivity index (χ0v) is 13.5. The summed E-state index contributed by atoms with van der Waals surface area (Å²) >= 11 is 0. The summed E-state index contributed by atoms with van der Waals surface area (Å²) in [6, 6.07) is 10.7. The van der Waals surface area contributed by atoms with E-state index in [1.807, 2.05) is 41.1 Å². The maximum atomic E-state index is 12.8. The van der Waals surface area contributed by atoms with E-state index in [2.05, 4.69) is 15.0 Å². The fourth-order valence-corrected chi connectivity index (χ4v) is 2.39. The second-order valence-electron chi connectivity index (χ2n) is 5.55. The average Bonchev–Trinajstić information content (AvgIpc) is 3.02. The number of aromatic nitrogens is 4. The molecule has 0 fully saturated rings. The van der Waals surface area contributed by atoms with Gasteiger partial charge in [0.25, 0.3) is 0 Å². The Labute approximate surface area is 142 Å². The Hall–Kier alpha value is -2.90. The largest absolute Gasteiger partial charge is 0.433 e. The summed E-state index contributed by atoms with van der Waals surface area (Å²) in [7, 11) is 1.64. The van der Waals surface area contributed by atoms with Gasteiger partial charge in [-0.2, -0.15) is 13.2 Å². The van der Waals surface area contributed by atoms with E-state index in [4.69, 9.17) is 0 Å². The smallest absolute Gasteiger partial charge is 0.336 e. The number of halogens is 3. The molecule has 0 saturated heterocycles. The van der Waals surface area contributed by atoms with Gasteiger partial charge >= 0.3 is 6.18 Å². The maximum Gasteiger partial charge on any atom is 0.433 e. The van der Waals surface area contributed by atoms with E-state index < -0.39 is 11.9 Å². The van der Waals surface area contributed by atoms with Crippen molar-refractivity contribution in [3.63, 3.8) is 0 Å². The molecule has 2 aromatic heterocycles. The van der Waals surface area contributed by atoms with Crippen LogP contribution in [0.3, 0.4) is 0 Å². The Bertz CT molecular complexity index is 830. The zero-order chi connectivity index (χ0) is 17.9. The van der Waals surface area contributed by atoms with Crippen LogP contribution in [0.2, 0.25) is 0 Å². The molecule has 0 unspecified atom stereocenters. The number of anilines is 1. The number of hydrogen-bond acceptors (Lipinski definition) is 4. The van der Waals surface area contributed by atoms with Gasteiger partial charge in [-0.3, -0.25) is 0 Å². The van der Waals surface area contributed by atoms with Crippen LogP contribution in [0.15, 0.2) is 55.0 Å². The van der Waals surface area contributed by atoms with Crippen molar-refractivity contribution in [3.8, 4) is 0 Å². The molecule has 0 N–H and O–H groups in total. The van der Waals surface area contributed by atoms with Gasteiger partial charge in [-0.1, -0.05) is 30.3 Å². The minimum absolute atomic E-state index is 0.00378. The van der Waals surface area contributed by atoms with Gasteiger partial charge < -0.3 is 9.47 Å². The molecule has 1 aromatic carbocycles. The number of nitrogens with zero attached hydrogens (tertiary/aromatic N) is 5. The van der Waals surface area contributed by atoms with Gasteiger partial charge in [-0.05, 0) is 11.6 Å². The third-order valence-corrected chi connectivity index (χ3v) is 3.65. The van der Waals surface area contributed by atoms with Gasteiger partial charge in [0, 0.05) is 32.2 Å². The van der Waals surface area contributed by atoms with Crippen LogP contribution < -0.4 is 4.90 Å². The van der Waals surface area contributed by atoms with Crippen LogP contribution in [0.5, 0.6) is 0 Å². The van der Waals surface area contributed by atoms with Crippen molar-refractivity contribution in [2.24, 2.45) is 0 Å². The number of hydrogen-bond donors (Lipinski definition) is 0. The second kappa shape index (κ2) is 6.92. The lowest BCUT2D eigenvalue weighted by Crippen LogP contribution is -2.23. The van der Waals surface area contributed by atoms with E-state index in [0.717, 1.165) is 17.8 Å². The molecule has 0 aliphatic heterocycles. The summed E-state index contributed by atoms with van der Waals surface area (Å²) in [5, 5.41) is 0. The van der Waals surface area contributed by atoms with Crippen molar-refractivity contribution < 1.29 is 13.2 Å². The minimum atomic E-state index is -4.50. The molecule has 0 atom stereocenters. The molecule has 8 heteroatoms. The van der Waals surface area contributed by atoms with Crippen molar-refractivity contribution in [1.82, 2.24) is 19.5 Å². The van der Waals surface area contributed by atoms with Crippen molar-refractivity contribution in [2.75, 3.05) is 11.9 Å². The summed E-state index contributed by atoms with van der Waals surface area (Å²) < 4.78 is 40.3. The molecule has 0 saturated carbocycles. The lowest BCUT2D eigenvalue weighted by atomic mass is 10.2. The standard InChI is InChI=1S/C17H16F3N5/c1-24(16-22-8-7-14(23-16)17(18,19)20)12-15-21-9-10-25(15)11-13-5-3-2-4-6-13/h2-10H,11-12H2,1H3. The molecule has 0 amide bonds. The highest BCUT2D eigenvalue weighted by Crippen LogP contribution is 2.28. The Balaban J connectivity index is 1.76. The zero-order valence-electron chi connectivity index (χ0n) is 13.5. The van der Waals surface area contributed by atoms with Crippen LogP contribution in [0, 0.1) is 0 Å². The van der Waals surface area contributed by atoms with Gasteiger partial charge in [-0.25, -0.2) is 15.0 Å². The highest BCUT2D eigenvalue weighted by atomic mass is 19.4. The first kappa shape index (κ1) is 16.9. The molecule has 0 radical (unpaired) electrons. The van der Waals surface area contributed by atoms with Crippen LogP contribution in [-0.2, 0) is 19.3 Å². The summed E-state index contributed by atoms with van der Waals surface area (Å²) in [5.41, 5.74) is 0.150. The van der Waals surface area contributed by atoms with E-state index in [9.17, 15) is 13.2 Å². The van der Waals surface area contributed by atoms with Gasteiger partial charge in [-0.15, -0.1) is 0 Å². The Kier molecular flexibility index (Phi) is 4.69. The number of rotatable bonds is 5. The van der Waals surface area contributed by atoms with Crippen molar-refractivity contribution in [1.29, 1.82) is 0 Å². The Morgan fingerprint density at radius 3 is 2.52 bits per heavy atom. The highest BCUT2D eigenvalue weighted by Gasteiger charge is 2.33. The molecule has 0 aliphatic carbocycles. The highest BCUT2D eigenvalue weighted by molar-refractivity contribution is 5.30. The summed E-state index contributed by atoms with van der Waals surface area (Å²) in [4.78, 5) is 13.3. The van der Waals surface area contributed by atoms with E-state index in [0.29, 0.717) is 18.9 Å². The van der Waals surface area contributed by atoms with E-state index >= 15 is 0 Å². The van der Waals surface area contributed by atoms with E-state index in [-0.39, 0.29) is 5.95 Å². The molecule has 0 spiro atoms. The van der Waals surface area contributed by atoms with Gasteiger partial charge in [0.15, 0.2) is 0 Å².